The number of carbonyl (C=O) groups is 3. The first kappa shape index (κ1) is 21.1. The summed E-state index contributed by atoms with van der Waals surface area (Å²) in [5, 5.41) is 0. The van der Waals surface area contributed by atoms with Gasteiger partial charge in [-0.3, -0.25) is 25.2 Å². The van der Waals surface area contributed by atoms with Gasteiger partial charge in [-0.25, -0.2) is 4.39 Å². The molecule has 2 aromatic rings. The first-order valence-electron chi connectivity index (χ1n) is 9.37. The predicted octanol–water partition coefficient (Wildman–Crippen LogP) is 2.17. The van der Waals surface area contributed by atoms with Gasteiger partial charge in [0, 0.05) is 18.4 Å². The molecule has 9 heteroatoms. The first-order valence-corrected chi connectivity index (χ1v) is 9.37. The summed E-state index contributed by atoms with van der Waals surface area (Å²) in [7, 11) is 0. The van der Waals surface area contributed by atoms with E-state index < -0.39 is 23.7 Å². The van der Waals surface area contributed by atoms with E-state index >= 15 is 0 Å². The Balaban J connectivity index is 1.42. The summed E-state index contributed by atoms with van der Waals surface area (Å²) in [6, 6.07) is 10.5. The number of benzene rings is 2. The highest BCUT2D eigenvalue weighted by Gasteiger charge is 2.18. The molecule has 3 rings (SSSR count). The molecule has 1 heterocycles. The number of carbonyl (C=O) groups excluding carboxylic acids is 3. The van der Waals surface area contributed by atoms with E-state index in [9.17, 15) is 18.8 Å². The van der Waals surface area contributed by atoms with E-state index in [0.29, 0.717) is 30.3 Å². The lowest BCUT2D eigenvalue weighted by molar-refractivity contribution is -0.132. The molecule has 0 radical (unpaired) electrons. The van der Waals surface area contributed by atoms with Crippen molar-refractivity contribution in [2.45, 2.75) is 25.9 Å². The monoisotopic (exact) mass is 416 g/mol. The maximum atomic E-state index is 13.6. The van der Waals surface area contributed by atoms with Gasteiger partial charge in [0.25, 0.3) is 5.91 Å². The average molecular weight is 416 g/mol. The van der Waals surface area contributed by atoms with Crippen LogP contribution in [-0.4, -0.2) is 36.9 Å². The number of hydrazine groups is 1. The second-order valence-corrected chi connectivity index (χ2v) is 6.51. The number of Topliss-reactive ketones (excluding diaryl/α,β-unsaturated/α-hetero) is 1. The van der Waals surface area contributed by atoms with E-state index in [1.54, 1.807) is 24.3 Å². The number of fused-ring (bicyclic) bond motifs is 1. The molecule has 0 saturated heterocycles. The van der Waals surface area contributed by atoms with E-state index in [2.05, 4.69) is 10.9 Å². The van der Waals surface area contributed by atoms with Crippen molar-refractivity contribution in [3.8, 4) is 17.2 Å². The van der Waals surface area contributed by atoms with E-state index in [-0.39, 0.29) is 24.4 Å². The molecule has 1 atom stereocenters. The number of amides is 2. The maximum absolute atomic E-state index is 13.6. The quantitative estimate of drug-likeness (QED) is 0.530. The van der Waals surface area contributed by atoms with Crippen LogP contribution in [-0.2, 0) is 9.59 Å². The minimum absolute atomic E-state index is 0.0529. The number of halogens is 1. The van der Waals surface area contributed by atoms with E-state index in [4.69, 9.17) is 14.2 Å². The Hall–Kier alpha value is -3.62. The van der Waals surface area contributed by atoms with Crippen molar-refractivity contribution in [3.63, 3.8) is 0 Å². The fourth-order valence-electron chi connectivity index (χ4n) is 2.67. The minimum Gasteiger partial charge on any atom is -0.486 e. The van der Waals surface area contributed by atoms with Crippen molar-refractivity contribution in [2.75, 3.05) is 13.2 Å². The maximum Gasteiger partial charge on any atom is 0.279 e. The average Bonchev–Trinajstić information content (AvgIpc) is 2.76. The molecule has 30 heavy (non-hydrogen) atoms. The largest absolute Gasteiger partial charge is 0.486 e. The summed E-state index contributed by atoms with van der Waals surface area (Å²) in [4.78, 5) is 36.2. The highest BCUT2D eigenvalue weighted by atomic mass is 19.1. The Morgan fingerprint density at radius 1 is 1.03 bits per heavy atom. The summed E-state index contributed by atoms with van der Waals surface area (Å²) in [5.41, 5.74) is 4.81. The Morgan fingerprint density at radius 2 is 1.77 bits per heavy atom. The third-order valence-electron chi connectivity index (χ3n) is 4.28. The molecule has 8 nitrogen and oxygen atoms in total. The number of para-hydroxylation sites is 1. The zero-order valence-corrected chi connectivity index (χ0v) is 16.3. The van der Waals surface area contributed by atoms with Crippen LogP contribution in [0.1, 0.15) is 30.1 Å². The summed E-state index contributed by atoms with van der Waals surface area (Å²) >= 11 is 0. The van der Waals surface area contributed by atoms with Crippen LogP contribution >= 0.6 is 0 Å². The van der Waals surface area contributed by atoms with E-state index in [0.717, 1.165) is 0 Å². The fourth-order valence-corrected chi connectivity index (χ4v) is 2.67. The molecule has 2 amide bonds. The topological polar surface area (TPSA) is 103 Å². The number of hydrogen-bond donors (Lipinski definition) is 2. The van der Waals surface area contributed by atoms with Crippen LogP contribution in [0.4, 0.5) is 4.39 Å². The van der Waals surface area contributed by atoms with Gasteiger partial charge < -0.3 is 14.2 Å². The number of rotatable bonds is 7. The molecule has 2 N–H and O–H groups in total. The second kappa shape index (κ2) is 9.73. The van der Waals surface area contributed by atoms with Gasteiger partial charge in [0.15, 0.2) is 35.0 Å². The summed E-state index contributed by atoms with van der Waals surface area (Å²) in [6.45, 7) is 2.28. The van der Waals surface area contributed by atoms with Crippen molar-refractivity contribution in [2.24, 2.45) is 0 Å². The van der Waals surface area contributed by atoms with E-state index in [1.807, 2.05) is 0 Å². The van der Waals surface area contributed by atoms with Gasteiger partial charge in [-0.1, -0.05) is 12.1 Å². The molecule has 1 aliphatic rings. The molecule has 1 unspecified atom stereocenters. The van der Waals surface area contributed by atoms with Crippen molar-refractivity contribution < 1.29 is 33.0 Å². The number of nitrogens with one attached hydrogen (secondary N) is 2. The third-order valence-corrected chi connectivity index (χ3v) is 4.28. The fraction of sp³-hybridized carbons (Fsp3) is 0.286. The van der Waals surface area contributed by atoms with Gasteiger partial charge in [0.05, 0.1) is 0 Å². The molecule has 158 valence electrons. The highest BCUT2D eigenvalue weighted by Crippen LogP contribution is 2.31. The second-order valence-electron chi connectivity index (χ2n) is 6.51. The summed E-state index contributed by atoms with van der Waals surface area (Å²) < 4.78 is 29.6. The van der Waals surface area contributed by atoms with Crippen LogP contribution in [0, 0.1) is 5.82 Å². The van der Waals surface area contributed by atoms with Gasteiger partial charge >= 0.3 is 0 Å². The lowest BCUT2D eigenvalue weighted by Gasteiger charge is -2.18. The van der Waals surface area contributed by atoms with Gasteiger partial charge in [0.1, 0.15) is 13.2 Å². The SMILES string of the molecule is CC(Oc1ccccc1F)C(=O)NNC(=O)CCC(=O)c1ccc2c(c1)OCCO2. The van der Waals surface area contributed by atoms with E-state index in [1.165, 1.54) is 25.1 Å². The van der Waals surface area contributed by atoms with Crippen molar-refractivity contribution in [1.82, 2.24) is 10.9 Å². The van der Waals surface area contributed by atoms with Crippen LogP contribution < -0.4 is 25.1 Å². The van der Waals surface area contributed by atoms with Gasteiger partial charge in [-0.05, 0) is 37.3 Å². The molecule has 0 aliphatic carbocycles. The lowest BCUT2D eigenvalue weighted by atomic mass is 10.1. The predicted molar refractivity (Wildman–Crippen MR) is 104 cm³/mol. The molecule has 0 aromatic heterocycles. The third kappa shape index (κ3) is 5.47. The van der Waals surface area contributed by atoms with Crippen molar-refractivity contribution in [1.29, 1.82) is 0 Å². The molecule has 0 spiro atoms. The number of hydrogen-bond acceptors (Lipinski definition) is 6. The van der Waals surface area contributed by atoms with Gasteiger partial charge in [-0.2, -0.15) is 0 Å². The van der Waals surface area contributed by atoms with Crippen molar-refractivity contribution >= 4 is 17.6 Å². The minimum atomic E-state index is -1.04. The Kier molecular flexibility index (Phi) is 6.84. The number of ketones is 1. The molecule has 1 aliphatic heterocycles. The standard InChI is InChI=1S/C21H21FN2O6/c1-13(30-17-5-3-2-4-15(17)22)21(27)24-23-20(26)9-7-16(25)14-6-8-18-19(12-14)29-11-10-28-18/h2-6,8,12-13H,7,9-11H2,1H3,(H,23,26)(H,24,27). The molecule has 0 fully saturated rings. The van der Waals surface area contributed by atoms with Crippen LogP contribution in [0.25, 0.3) is 0 Å². The van der Waals surface area contributed by atoms with Crippen LogP contribution in [0.3, 0.4) is 0 Å². The highest BCUT2D eigenvalue weighted by molar-refractivity contribution is 5.98. The van der Waals surface area contributed by atoms with Crippen molar-refractivity contribution in [3.05, 3.63) is 53.8 Å². The molecule has 0 bridgehead atoms. The van der Waals surface area contributed by atoms with Gasteiger partial charge in [0.2, 0.25) is 5.91 Å². The normalized spacial score (nSPS) is 13.1. The Bertz CT molecular complexity index is 949. The Labute approximate surface area is 172 Å². The smallest absolute Gasteiger partial charge is 0.279 e. The number of ether oxygens (including phenoxy) is 3. The molecular formula is C21H21FN2O6. The molecule has 0 saturated carbocycles. The zero-order valence-electron chi connectivity index (χ0n) is 16.3. The zero-order chi connectivity index (χ0) is 21.5. The molecular weight excluding hydrogens is 395 g/mol. The summed E-state index contributed by atoms with van der Waals surface area (Å²) in [6.07, 6.45) is -1.22. The Morgan fingerprint density at radius 3 is 2.53 bits per heavy atom. The molecule has 2 aromatic carbocycles. The lowest BCUT2D eigenvalue weighted by Crippen LogP contribution is -2.47. The summed E-state index contributed by atoms with van der Waals surface area (Å²) in [5.74, 6) is -1.06. The van der Waals surface area contributed by atoms with Crippen LogP contribution in [0.15, 0.2) is 42.5 Å². The van der Waals surface area contributed by atoms with Crippen LogP contribution in [0.2, 0.25) is 0 Å². The first-order chi connectivity index (χ1) is 14.4. The van der Waals surface area contributed by atoms with Crippen LogP contribution in [0.5, 0.6) is 17.2 Å². The van der Waals surface area contributed by atoms with Gasteiger partial charge in [-0.15, -0.1) is 0 Å².